The van der Waals surface area contributed by atoms with E-state index < -0.39 is 0 Å². The standard InChI is InChI=1S/C26H29N3O3/c1-16-11-18(24(31)20(12-16)26(2,3)4)15-19-13-17(9-10-30)14-23(25(19)32)29-27-21-7-5-6-8-22(21)28-29/h5-8,11-14,30-32H,9-10,15H2,1-4H3. The zero-order valence-corrected chi connectivity index (χ0v) is 18.9. The number of nitrogens with zero attached hydrogens (tertiary/aromatic N) is 3. The number of phenolic OH excluding ortho intramolecular Hbond substituents is 2. The summed E-state index contributed by atoms with van der Waals surface area (Å²) < 4.78 is 0. The smallest absolute Gasteiger partial charge is 0.146 e. The number of hydrogen-bond donors (Lipinski definition) is 3. The number of aryl methyl sites for hydroxylation is 1. The van der Waals surface area contributed by atoms with E-state index >= 15 is 0 Å². The van der Waals surface area contributed by atoms with Crippen LogP contribution in [0.5, 0.6) is 11.5 Å². The molecule has 0 aliphatic heterocycles. The van der Waals surface area contributed by atoms with Crippen LogP contribution in [0.3, 0.4) is 0 Å². The Morgan fingerprint density at radius 2 is 1.50 bits per heavy atom. The largest absolute Gasteiger partial charge is 0.507 e. The molecule has 4 aromatic rings. The number of aliphatic hydroxyl groups excluding tert-OH is 1. The highest BCUT2D eigenvalue weighted by Gasteiger charge is 2.22. The van der Waals surface area contributed by atoms with Gasteiger partial charge in [-0.05, 0) is 53.6 Å². The second kappa shape index (κ2) is 8.28. The maximum Gasteiger partial charge on any atom is 0.146 e. The van der Waals surface area contributed by atoms with E-state index in [9.17, 15) is 15.3 Å². The molecule has 0 fully saturated rings. The molecule has 0 saturated heterocycles. The van der Waals surface area contributed by atoms with Crippen molar-refractivity contribution in [3.05, 3.63) is 76.3 Å². The summed E-state index contributed by atoms with van der Waals surface area (Å²) in [6, 6.07) is 15.1. The van der Waals surface area contributed by atoms with Crippen LogP contribution in [0.25, 0.3) is 16.7 Å². The van der Waals surface area contributed by atoms with E-state index in [-0.39, 0.29) is 23.5 Å². The summed E-state index contributed by atoms with van der Waals surface area (Å²) in [7, 11) is 0. The molecule has 32 heavy (non-hydrogen) atoms. The quantitative estimate of drug-likeness (QED) is 0.431. The third kappa shape index (κ3) is 4.18. The molecule has 1 aromatic heterocycles. The van der Waals surface area contributed by atoms with Crippen LogP contribution < -0.4 is 0 Å². The van der Waals surface area contributed by atoms with Gasteiger partial charge < -0.3 is 15.3 Å². The van der Waals surface area contributed by atoms with Gasteiger partial charge in [-0.3, -0.25) is 0 Å². The fourth-order valence-electron chi connectivity index (χ4n) is 4.04. The number of hydrogen-bond acceptors (Lipinski definition) is 5. The molecule has 6 nitrogen and oxygen atoms in total. The van der Waals surface area contributed by atoms with E-state index in [1.165, 1.54) is 4.80 Å². The van der Waals surface area contributed by atoms with E-state index in [0.29, 0.717) is 24.1 Å². The number of benzene rings is 3. The van der Waals surface area contributed by atoms with Gasteiger partial charge in [-0.15, -0.1) is 15.0 Å². The summed E-state index contributed by atoms with van der Waals surface area (Å²) in [6.07, 6.45) is 0.781. The summed E-state index contributed by atoms with van der Waals surface area (Å²) in [5, 5.41) is 40.7. The molecule has 1 heterocycles. The minimum atomic E-state index is -0.212. The van der Waals surface area contributed by atoms with Gasteiger partial charge in [0.05, 0.1) is 0 Å². The molecule has 0 bridgehead atoms. The fraction of sp³-hybridized carbons (Fsp3) is 0.308. The maximum atomic E-state index is 11.2. The minimum absolute atomic E-state index is 0.0119. The van der Waals surface area contributed by atoms with E-state index in [1.807, 2.05) is 49.4 Å². The zero-order chi connectivity index (χ0) is 23.0. The average molecular weight is 432 g/mol. The Balaban J connectivity index is 1.84. The minimum Gasteiger partial charge on any atom is -0.507 e. The monoisotopic (exact) mass is 431 g/mol. The summed E-state index contributed by atoms with van der Waals surface area (Å²) in [5.74, 6) is 0.310. The second-order valence-electron chi connectivity index (χ2n) is 9.32. The molecule has 0 amide bonds. The number of rotatable bonds is 5. The van der Waals surface area contributed by atoms with Crippen molar-refractivity contribution in [1.29, 1.82) is 0 Å². The molecular weight excluding hydrogens is 402 g/mol. The number of aromatic hydroxyl groups is 2. The summed E-state index contributed by atoms with van der Waals surface area (Å²) in [4.78, 5) is 1.43. The topological polar surface area (TPSA) is 91.4 Å². The number of aromatic nitrogens is 3. The lowest BCUT2D eigenvalue weighted by atomic mass is 9.83. The first-order chi connectivity index (χ1) is 15.2. The first-order valence-corrected chi connectivity index (χ1v) is 10.8. The van der Waals surface area contributed by atoms with Gasteiger partial charge in [0.25, 0.3) is 0 Å². The van der Waals surface area contributed by atoms with Crippen molar-refractivity contribution in [2.24, 2.45) is 0 Å². The normalized spacial score (nSPS) is 11.9. The highest BCUT2D eigenvalue weighted by atomic mass is 16.3. The average Bonchev–Trinajstić information content (AvgIpc) is 3.16. The van der Waals surface area contributed by atoms with Gasteiger partial charge in [0.2, 0.25) is 0 Å². The van der Waals surface area contributed by atoms with Gasteiger partial charge in [-0.25, -0.2) is 0 Å². The first kappa shape index (κ1) is 21.8. The van der Waals surface area contributed by atoms with Crippen LogP contribution in [0.4, 0.5) is 0 Å². The predicted octanol–water partition coefficient (Wildman–Crippen LogP) is 4.56. The lowest BCUT2D eigenvalue weighted by Crippen LogP contribution is -2.13. The van der Waals surface area contributed by atoms with Crippen LogP contribution in [0.15, 0.2) is 48.5 Å². The van der Waals surface area contributed by atoms with Crippen molar-refractivity contribution in [3.63, 3.8) is 0 Å². The molecule has 0 atom stereocenters. The Labute approximate surface area is 187 Å². The van der Waals surface area contributed by atoms with E-state index in [1.54, 1.807) is 6.07 Å². The van der Waals surface area contributed by atoms with Gasteiger partial charge in [-0.2, -0.15) is 0 Å². The van der Waals surface area contributed by atoms with Crippen molar-refractivity contribution in [1.82, 2.24) is 15.0 Å². The highest BCUT2D eigenvalue weighted by Crippen LogP contribution is 2.37. The third-order valence-electron chi connectivity index (χ3n) is 5.65. The van der Waals surface area contributed by atoms with Crippen molar-refractivity contribution >= 4 is 11.0 Å². The van der Waals surface area contributed by atoms with Crippen molar-refractivity contribution < 1.29 is 15.3 Å². The molecule has 6 heteroatoms. The molecule has 166 valence electrons. The highest BCUT2D eigenvalue weighted by molar-refractivity contribution is 5.73. The Morgan fingerprint density at radius 1 is 0.875 bits per heavy atom. The van der Waals surface area contributed by atoms with E-state index in [4.69, 9.17) is 0 Å². The molecule has 0 aliphatic rings. The van der Waals surface area contributed by atoms with Crippen LogP contribution >= 0.6 is 0 Å². The summed E-state index contributed by atoms with van der Waals surface area (Å²) >= 11 is 0. The van der Waals surface area contributed by atoms with Gasteiger partial charge in [0, 0.05) is 18.6 Å². The van der Waals surface area contributed by atoms with Crippen molar-refractivity contribution in [2.45, 2.75) is 46.0 Å². The number of aliphatic hydroxyl groups is 1. The second-order valence-corrected chi connectivity index (χ2v) is 9.32. The molecule has 0 saturated carbocycles. The molecule has 0 radical (unpaired) electrons. The zero-order valence-electron chi connectivity index (χ0n) is 18.9. The lowest BCUT2D eigenvalue weighted by Gasteiger charge is -2.23. The Bertz CT molecular complexity index is 1250. The SMILES string of the molecule is Cc1cc(Cc2cc(CCO)cc(-n3nc4ccccc4n3)c2O)c(O)c(C(C)(C)C)c1. The molecule has 0 spiro atoms. The lowest BCUT2D eigenvalue weighted by molar-refractivity contribution is 0.299. The van der Waals surface area contributed by atoms with Gasteiger partial charge in [-0.1, -0.05) is 56.7 Å². The van der Waals surface area contributed by atoms with Gasteiger partial charge >= 0.3 is 0 Å². The van der Waals surface area contributed by atoms with Crippen LogP contribution in [0.2, 0.25) is 0 Å². The fourth-order valence-corrected chi connectivity index (χ4v) is 4.04. The molecular formula is C26H29N3O3. The van der Waals surface area contributed by atoms with Crippen LogP contribution in [0.1, 0.15) is 48.6 Å². The van der Waals surface area contributed by atoms with Gasteiger partial charge in [0.15, 0.2) is 0 Å². The summed E-state index contributed by atoms with van der Waals surface area (Å²) in [6.45, 7) is 8.19. The maximum absolute atomic E-state index is 11.2. The molecule has 0 aliphatic carbocycles. The van der Waals surface area contributed by atoms with Crippen molar-refractivity contribution in [2.75, 3.05) is 6.61 Å². The first-order valence-electron chi connectivity index (χ1n) is 10.8. The van der Waals surface area contributed by atoms with Crippen LogP contribution in [-0.2, 0) is 18.3 Å². The predicted molar refractivity (Wildman–Crippen MR) is 126 cm³/mol. The number of phenols is 2. The van der Waals surface area contributed by atoms with E-state index in [0.717, 1.165) is 33.3 Å². The molecule has 3 N–H and O–H groups in total. The summed E-state index contributed by atoms with van der Waals surface area (Å²) in [5.41, 5.74) is 5.87. The number of fused-ring (bicyclic) bond motifs is 1. The Kier molecular flexibility index (Phi) is 5.65. The Hall–Kier alpha value is -3.38. The molecule has 4 rings (SSSR count). The van der Waals surface area contributed by atoms with Gasteiger partial charge in [0.1, 0.15) is 28.2 Å². The molecule has 3 aromatic carbocycles. The Morgan fingerprint density at radius 3 is 2.09 bits per heavy atom. The third-order valence-corrected chi connectivity index (χ3v) is 5.65. The van der Waals surface area contributed by atoms with Crippen LogP contribution in [-0.4, -0.2) is 36.9 Å². The van der Waals surface area contributed by atoms with E-state index in [2.05, 4.69) is 31.0 Å². The molecule has 0 unspecified atom stereocenters. The van der Waals surface area contributed by atoms with Crippen molar-refractivity contribution in [3.8, 4) is 17.2 Å². The van der Waals surface area contributed by atoms with Crippen LogP contribution in [0, 0.1) is 6.92 Å².